The van der Waals surface area contributed by atoms with E-state index in [4.69, 9.17) is 27.9 Å². The van der Waals surface area contributed by atoms with E-state index in [-0.39, 0.29) is 33.7 Å². The van der Waals surface area contributed by atoms with Gasteiger partial charge in [-0.3, -0.25) is 9.59 Å². The van der Waals surface area contributed by atoms with Crippen LogP contribution in [0, 0.1) is 17.1 Å². The second kappa shape index (κ2) is 11.1. The van der Waals surface area contributed by atoms with E-state index in [1.165, 1.54) is 35.0 Å². The summed E-state index contributed by atoms with van der Waals surface area (Å²) < 4.78 is 20.7. The van der Waals surface area contributed by atoms with Gasteiger partial charge in [0, 0.05) is 18.1 Å². The maximum atomic E-state index is 13.8. The van der Waals surface area contributed by atoms with Gasteiger partial charge >= 0.3 is 0 Å². The summed E-state index contributed by atoms with van der Waals surface area (Å²) in [6.45, 7) is 2.16. The van der Waals surface area contributed by atoms with Crippen LogP contribution in [0.4, 0.5) is 4.39 Å². The Morgan fingerprint density at radius 3 is 2.30 bits per heavy atom. The molecular weight excluding hydrogens is 554 g/mol. The molecule has 0 aliphatic carbocycles. The van der Waals surface area contributed by atoms with Crippen molar-refractivity contribution in [2.75, 3.05) is 13.1 Å². The molecule has 0 saturated carbocycles. The Kier molecular flexibility index (Phi) is 7.61. The normalized spacial score (nSPS) is 14.4. The number of rotatable bonds is 6. The van der Waals surface area contributed by atoms with Gasteiger partial charge in [-0.05, 0) is 67.8 Å². The van der Waals surface area contributed by atoms with E-state index in [0.29, 0.717) is 36.6 Å². The molecule has 40 heavy (non-hydrogen) atoms. The smallest absolute Gasteiger partial charge is 0.275 e. The standard InChI is InChI=1S/C30H23Cl2FN4O3/c1-19(38)30(20-5-3-2-4-6-20)13-15-36(16-14-30)28(39)27-24(18-34)29(40-23-10-8-22(33)9-11-23)37(35-27)26-12-7-21(31)17-25(26)32/h2-12,17H,13-16H2,1H3. The molecule has 1 aliphatic heterocycles. The summed E-state index contributed by atoms with van der Waals surface area (Å²) >= 11 is 12.5. The largest absolute Gasteiger partial charge is 0.438 e. The molecule has 0 N–H and O–H groups in total. The van der Waals surface area contributed by atoms with Crippen molar-refractivity contribution in [3.63, 3.8) is 0 Å². The van der Waals surface area contributed by atoms with Crippen LogP contribution in [-0.2, 0) is 10.2 Å². The van der Waals surface area contributed by atoms with Crippen molar-refractivity contribution in [3.8, 4) is 23.4 Å². The highest BCUT2D eigenvalue weighted by atomic mass is 35.5. The summed E-state index contributed by atoms with van der Waals surface area (Å²) in [7, 11) is 0. The van der Waals surface area contributed by atoms with Crippen LogP contribution in [0.5, 0.6) is 11.6 Å². The van der Waals surface area contributed by atoms with Crippen molar-refractivity contribution in [3.05, 3.63) is 105 Å². The zero-order chi connectivity index (χ0) is 28.4. The lowest BCUT2D eigenvalue weighted by molar-refractivity contribution is -0.124. The van der Waals surface area contributed by atoms with Gasteiger partial charge in [0.1, 0.15) is 29.0 Å². The summed E-state index contributed by atoms with van der Waals surface area (Å²) in [5.41, 5.74) is 0.330. The second-order valence-electron chi connectivity index (χ2n) is 9.50. The fourth-order valence-corrected chi connectivity index (χ4v) is 5.51. The lowest BCUT2D eigenvalue weighted by atomic mass is 9.70. The molecular formula is C30H23Cl2FN4O3. The third kappa shape index (κ3) is 5.06. The van der Waals surface area contributed by atoms with Crippen LogP contribution in [-0.4, -0.2) is 39.5 Å². The molecule has 1 aromatic heterocycles. The molecule has 0 unspecified atom stereocenters. The first-order valence-corrected chi connectivity index (χ1v) is 13.3. The molecule has 1 fully saturated rings. The van der Waals surface area contributed by atoms with Gasteiger partial charge in [0.05, 0.1) is 16.1 Å². The minimum absolute atomic E-state index is 0.0418. The van der Waals surface area contributed by atoms with E-state index in [1.54, 1.807) is 24.0 Å². The highest BCUT2D eigenvalue weighted by Crippen LogP contribution is 2.38. The summed E-state index contributed by atoms with van der Waals surface area (Å²) in [5.74, 6) is -0.716. The Morgan fingerprint density at radius 2 is 1.70 bits per heavy atom. The van der Waals surface area contributed by atoms with Crippen LogP contribution in [0.15, 0.2) is 72.8 Å². The third-order valence-corrected chi connectivity index (χ3v) is 7.77. The number of nitrogens with zero attached hydrogens (tertiary/aromatic N) is 4. The number of likely N-dealkylation sites (tertiary alicyclic amines) is 1. The monoisotopic (exact) mass is 576 g/mol. The first-order valence-electron chi connectivity index (χ1n) is 12.5. The van der Waals surface area contributed by atoms with Crippen molar-refractivity contribution < 1.29 is 18.7 Å². The van der Waals surface area contributed by atoms with E-state index in [0.717, 1.165) is 5.56 Å². The maximum Gasteiger partial charge on any atom is 0.275 e. The number of nitriles is 1. The predicted octanol–water partition coefficient (Wildman–Crippen LogP) is 6.75. The number of carbonyl (C=O) groups excluding carboxylic acids is 2. The Hall–Kier alpha value is -4.19. The molecule has 4 aromatic rings. The number of halogens is 3. The first-order chi connectivity index (χ1) is 19.2. The number of piperidine rings is 1. The van der Waals surface area contributed by atoms with Gasteiger partial charge in [-0.15, -0.1) is 0 Å². The van der Waals surface area contributed by atoms with Crippen LogP contribution < -0.4 is 4.74 Å². The number of hydrogen-bond acceptors (Lipinski definition) is 5. The van der Waals surface area contributed by atoms with Gasteiger partial charge in [0.25, 0.3) is 5.91 Å². The molecule has 0 spiro atoms. The van der Waals surface area contributed by atoms with Crippen LogP contribution >= 0.6 is 23.2 Å². The van der Waals surface area contributed by atoms with Crippen LogP contribution in [0.1, 0.15) is 41.4 Å². The molecule has 10 heteroatoms. The molecule has 2 heterocycles. The zero-order valence-electron chi connectivity index (χ0n) is 21.4. The average Bonchev–Trinajstić information content (AvgIpc) is 3.32. The van der Waals surface area contributed by atoms with Crippen molar-refractivity contribution in [2.45, 2.75) is 25.2 Å². The van der Waals surface area contributed by atoms with Gasteiger partial charge in [-0.25, -0.2) is 4.39 Å². The van der Waals surface area contributed by atoms with Crippen molar-refractivity contribution in [1.82, 2.24) is 14.7 Å². The summed E-state index contributed by atoms with van der Waals surface area (Å²) in [4.78, 5) is 28.2. The lowest BCUT2D eigenvalue weighted by Gasteiger charge is -2.40. The average molecular weight is 577 g/mol. The fraction of sp³-hybridized carbons (Fsp3) is 0.200. The van der Waals surface area contributed by atoms with Crippen LogP contribution in [0.25, 0.3) is 5.69 Å². The summed E-state index contributed by atoms with van der Waals surface area (Å²) in [6, 6.07) is 21.5. The molecule has 5 rings (SSSR count). The highest BCUT2D eigenvalue weighted by molar-refractivity contribution is 6.35. The number of benzene rings is 3. The first kappa shape index (κ1) is 27.4. The van der Waals surface area contributed by atoms with Gasteiger partial charge < -0.3 is 9.64 Å². The highest BCUT2D eigenvalue weighted by Gasteiger charge is 2.42. The lowest BCUT2D eigenvalue weighted by Crippen LogP contribution is -2.48. The fourth-order valence-electron chi connectivity index (χ4n) is 5.02. The van der Waals surface area contributed by atoms with E-state index in [1.807, 2.05) is 36.4 Å². The number of ketones is 1. The third-order valence-electron chi connectivity index (χ3n) is 7.23. The Morgan fingerprint density at radius 1 is 1.02 bits per heavy atom. The number of hydrogen-bond donors (Lipinski definition) is 0. The molecule has 0 atom stereocenters. The number of Topliss-reactive ketones (excluding diaryl/α,β-unsaturated/α-hetero) is 1. The van der Waals surface area contributed by atoms with Gasteiger partial charge in [-0.1, -0.05) is 53.5 Å². The van der Waals surface area contributed by atoms with Crippen LogP contribution in [0.2, 0.25) is 10.0 Å². The van der Waals surface area contributed by atoms with Gasteiger partial charge in [-0.2, -0.15) is 15.0 Å². The van der Waals surface area contributed by atoms with Crippen molar-refractivity contribution in [1.29, 1.82) is 5.26 Å². The summed E-state index contributed by atoms with van der Waals surface area (Å²) in [5, 5.41) is 15.2. The quantitative estimate of drug-likeness (QED) is 0.253. The number of ether oxygens (including phenoxy) is 1. The van der Waals surface area contributed by atoms with Gasteiger partial charge in [0.15, 0.2) is 5.69 Å². The van der Waals surface area contributed by atoms with Crippen LogP contribution in [0.3, 0.4) is 0 Å². The number of aromatic nitrogens is 2. The second-order valence-corrected chi connectivity index (χ2v) is 10.3. The molecule has 1 saturated heterocycles. The van der Waals surface area contributed by atoms with E-state index >= 15 is 0 Å². The number of carbonyl (C=O) groups is 2. The van der Waals surface area contributed by atoms with E-state index in [2.05, 4.69) is 5.10 Å². The Bertz CT molecular complexity index is 1620. The predicted molar refractivity (Wildman–Crippen MR) is 149 cm³/mol. The minimum Gasteiger partial charge on any atom is -0.438 e. The molecule has 0 bridgehead atoms. The molecule has 7 nitrogen and oxygen atoms in total. The Labute approximate surface area is 240 Å². The molecule has 3 aromatic carbocycles. The topological polar surface area (TPSA) is 88.2 Å². The SMILES string of the molecule is CC(=O)C1(c2ccccc2)CCN(C(=O)c2nn(-c3ccc(Cl)cc3Cl)c(Oc3ccc(F)cc3)c2C#N)CC1. The molecule has 1 aliphatic rings. The number of amides is 1. The minimum atomic E-state index is -0.691. The Balaban J connectivity index is 1.52. The van der Waals surface area contributed by atoms with Gasteiger partial charge in [0.2, 0.25) is 5.88 Å². The molecule has 202 valence electrons. The maximum absolute atomic E-state index is 13.8. The molecule has 1 amide bonds. The van der Waals surface area contributed by atoms with Crippen molar-refractivity contribution >= 4 is 34.9 Å². The van der Waals surface area contributed by atoms with E-state index < -0.39 is 17.1 Å². The zero-order valence-corrected chi connectivity index (χ0v) is 22.9. The van der Waals surface area contributed by atoms with E-state index in [9.17, 15) is 19.2 Å². The molecule has 0 radical (unpaired) electrons. The summed E-state index contributed by atoms with van der Waals surface area (Å²) in [6.07, 6.45) is 0.866. The van der Waals surface area contributed by atoms with Crippen molar-refractivity contribution in [2.24, 2.45) is 0 Å².